The van der Waals surface area contributed by atoms with E-state index in [4.69, 9.17) is 0 Å². The van der Waals surface area contributed by atoms with Crippen LogP contribution in [0.15, 0.2) is 47.1 Å². The molecule has 0 aliphatic heterocycles. The highest BCUT2D eigenvalue weighted by atomic mass is 79.9. The second-order valence-corrected chi connectivity index (χ2v) is 5.40. The van der Waals surface area contributed by atoms with Crippen molar-refractivity contribution in [3.05, 3.63) is 63.9 Å². The topological polar surface area (TPSA) is 50.2 Å². The second kappa shape index (κ2) is 5.97. The first-order chi connectivity index (χ1) is 9.06. The molecule has 4 heteroatoms. The molecule has 2 rings (SSSR count). The molecule has 1 unspecified atom stereocenters. The van der Waals surface area contributed by atoms with Crippen LogP contribution in [0.3, 0.4) is 0 Å². The second-order valence-electron chi connectivity index (χ2n) is 4.48. The van der Waals surface area contributed by atoms with Gasteiger partial charge >= 0.3 is 5.97 Å². The maximum Gasteiger partial charge on any atom is 0.312 e. The normalized spacial score (nSPS) is 12.1. The summed E-state index contributed by atoms with van der Waals surface area (Å²) in [4.78, 5) is 15.6. The zero-order chi connectivity index (χ0) is 13.8. The van der Waals surface area contributed by atoms with Gasteiger partial charge < -0.3 is 5.11 Å². The van der Waals surface area contributed by atoms with Crippen LogP contribution < -0.4 is 0 Å². The number of aromatic nitrogens is 1. The number of nitrogens with zero attached hydrogens (tertiary/aromatic N) is 1. The third-order valence-electron chi connectivity index (χ3n) is 2.92. The molecule has 3 nitrogen and oxygen atoms in total. The van der Waals surface area contributed by atoms with E-state index in [0.717, 1.165) is 15.6 Å². The van der Waals surface area contributed by atoms with E-state index in [0.29, 0.717) is 12.1 Å². The quantitative estimate of drug-likeness (QED) is 0.937. The molecule has 1 aromatic heterocycles. The van der Waals surface area contributed by atoms with E-state index in [1.807, 2.05) is 43.3 Å². The van der Waals surface area contributed by atoms with Crippen LogP contribution in [0, 0.1) is 6.92 Å². The summed E-state index contributed by atoms with van der Waals surface area (Å²) in [6.07, 6.45) is 2.09. The van der Waals surface area contributed by atoms with E-state index in [1.165, 1.54) is 0 Å². The van der Waals surface area contributed by atoms with Gasteiger partial charge in [-0.05, 0) is 48.7 Å². The number of pyridine rings is 1. The lowest BCUT2D eigenvalue weighted by Crippen LogP contribution is -2.16. The Morgan fingerprint density at radius 2 is 2.16 bits per heavy atom. The number of carbonyl (C=O) groups is 1. The molecule has 19 heavy (non-hydrogen) atoms. The van der Waals surface area contributed by atoms with E-state index in [9.17, 15) is 9.90 Å². The zero-order valence-electron chi connectivity index (χ0n) is 10.5. The van der Waals surface area contributed by atoms with Gasteiger partial charge in [-0.3, -0.25) is 9.78 Å². The van der Waals surface area contributed by atoms with Crippen LogP contribution >= 0.6 is 15.9 Å². The molecule has 0 aliphatic rings. The molecule has 0 saturated heterocycles. The Kier molecular flexibility index (Phi) is 4.32. The van der Waals surface area contributed by atoms with Gasteiger partial charge in [-0.25, -0.2) is 0 Å². The minimum Gasteiger partial charge on any atom is -0.481 e. The smallest absolute Gasteiger partial charge is 0.312 e. The summed E-state index contributed by atoms with van der Waals surface area (Å²) in [6, 6.07) is 11.4. The van der Waals surface area contributed by atoms with Gasteiger partial charge in [0, 0.05) is 10.7 Å². The summed E-state index contributed by atoms with van der Waals surface area (Å²) in [7, 11) is 0. The van der Waals surface area contributed by atoms with Crippen LogP contribution in [0.25, 0.3) is 0 Å². The minimum absolute atomic E-state index is 0.436. The fourth-order valence-electron chi connectivity index (χ4n) is 1.97. The summed E-state index contributed by atoms with van der Waals surface area (Å²) in [5.74, 6) is -1.47. The summed E-state index contributed by atoms with van der Waals surface area (Å²) in [6.45, 7) is 1.93. The zero-order valence-corrected chi connectivity index (χ0v) is 12.1. The molecule has 2 aromatic rings. The number of carboxylic acids is 1. The van der Waals surface area contributed by atoms with Crippen molar-refractivity contribution in [3.63, 3.8) is 0 Å². The summed E-state index contributed by atoms with van der Waals surface area (Å²) >= 11 is 3.39. The number of halogens is 1. The molecule has 0 spiro atoms. The molecule has 0 fully saturated rings. The van der Waals surface area contributed by atoms with Gasteiger partial charge in [-0.15, -0.1) is 0 Å². The van der Waals surface area contributed by atoms with E-state index in [-0.39, 0.29) is 0 Å². The number of aliphatic carboxylic acids is 1. The standard InChI is InChI=1S/C15H14BrNO2/c1-10-5-6-17-14(7-10)13(15(18)19)9-11-3-2-4-12(16)8-11/h2-8,13H,9H2,1H3,(H,18,19). The van der Waals surface area contributed by atoms with Crippen molar-refractivity contribution in [3.8, 4) is 0 Å². The van der Waals surface area contributed by atoms with Crippen molar-refractivity contribution < 1.29 is 9.90 Å². The number of carboxylic acid groups (broad SMARTS) is 1. The third kappa shape index (κ3) is 3.64. The molecule has 0 radical (unpaired) electrons. The van der Waals surface area contributed by atoms with Gasteiger partial charge in [-0.1, -0.05) is 28.1 Å². The SMILES string of the molecule is Cc1ccnc(C(Cc2cccc(Br)c2)C(=O)O)c1. The maximum absolute atomic E-state index is 11.4. The number of benzene rings is 1. The minimum atomic E-state index is -0.849. The Hall–Kier alpha value is -1.68. The Morgan fingerprint density at radius 1 is 1.37 bits per heavy atom. The van der Waals surface area contributed by atoms with Crippen molar-refractivity contribution in [2.24, 2.45) is 0 Å². The predicted octanol–water partition coefficient (Wildman–Crippen LogP) is 3.56. The first-order valence-corrected chi connectivity index (χ1v) is 6.75. The van der Waals surface area contributed by atoms with Crippen LogP contribution in [0.1, 0.15) is 22.7 Å². The Balaban J connectivity index is 2.29. The molecule has 98 valence electrons. The monoisotopic (exact) mass is 319 g/mol. The summed E-state index contributed by atoms with van der Waals surface area (Å²) in [5, 5.41) is 9.40. The molecule has 0 aliphatic carbocycles. The lowest BCUT2D eigenvalue weighted by atomic mass is 9.95. The average Bonchev–Trinajstić information content (AvgIpc) is 2.35. The van der Waals surface area contributed by atoms with Gasteiger partial charge in [-0.2, -0.15) is 0 Å². The van der Waals surface area contributed by atoms with E-state index < -0.39 is 11.9 Å². The van der Waals surface area contributed by atoms with Crippen LogP contribution in [0.4, 0.5) is 0 Å². The van der Waals surface area contributed by atoms with Gasteiger partial charge in [0.1, 0.15) is 5.92 Å². The fourth-order valence-corrected chi connectivity index (χ4v) is 2.41. The molecular formula is C15H14BrNO2. The lowest BCUT2D eigenvalue weighted by molar-refractivity contribution is -0.138. The Labute approximate surface area is 120 Å². The molecule has 1 aromatic carbocycles. The van der Waals surface area contributed by atoms with Gasteiger partial charge in [0.2, 0.25) is 0 Å². The van der Waals surface area contributed by atoms with Crippen molar-refractivity contribution in [2.75, 3.05) is 0 Å². The average molecular weight is 320 g/mol. The maximum atomic E-state index is 11.4. The highest BCUT2D eigenvalue weighted by Gasteiger charge is 2.21. The summed E-state index contributed by atoms with van der Waals surface area (Å²) in [5.41, 5.74) is 2.60. The van der Waals surface area contributed by atoms with E-state index >= 15 is 0 Å². The molecule has 1 N–H and O–H groups in total. The van der Waals surface area contributed by atoms with Crippen molar-refractivity contribution in [2.45, 2.75) is 19.3 Å². The molecule has 0 bridgehead atoms. The van der Waals surface area contributed by atoms with Crippen molar-refractivity contribution in [1.29, 1.82) is 0 Å². The Morgan fingerprint density at radius 3 is 2.79 bits per heavy atom. The van der Waals surface area contributed by atoms with E-state index in [1.54, 1.807) is 6.20 Å². The molecule has 0 amide bonds. The molecular weight excluding hydrogens is 306 g/mol. The van der Waals surface area contributed by atoms with Crippen LogP contribution in [0.2, 0.25) is 0 Å². The largest absolute Gasteiger partial charge is 0.481 e. The highest BCUT2D eigenvalue weighted by Crippen LogP contribution is 2.22. The number of rotatable bonds is 4. The first-order valence-electron chi connectivity index (χ1n) is 5.96. The molecule has 1 atom stereocenters. The predicted molar refractivity (Wildman–Crippen MR) is 77.2 cm³/mol. The van der Waals surface area contributed by atoms with Crippen LogP contribution in [-0.4, -0.2) is 16.1 Å². The first kappa shape index (κ1) is 13.7. The fraction of sp³-hybridized carbons (Fsp3) is 0.200. The lowest BCUT2D eigenvalue weighted by Gasteiger charge is -2.12. The highest BCUT2D eigenvalue weighted by molar-refractivity contribution is 9.10. The van der Waals surface area contributed by atoms with E-state index in [2.05, 4.69) is 20.9 Å². The molecule has 1 heterocycles. The number of aryl methyl sites for hydroxylation is 1. The van der Waals surface area contributed by atoms with Gasteiger partial charge in [0.05, 0.1) is 5.69 Å². The van der Waals surface area contributed by atoms with Crippen LogP contribution in [0.5, 0.6) is 0 Å². The van der Waals surface area contributed by atoms with Crippen molar-refractivity contribution in [1.82, 2.24) is 4.98 Å². The third-order valence-corrected chi connectivity index (χ3v) is 3.41. The number of hydrogen-bond donors (Lipinski definition) is 1. The van der Waals surface area contributed by atoms with Gasteiger partial charge in [0.25, 0.3) is 0 Å². The number of hydrogen-bond acceptors (Lipinski definition) is 2. The van der Waals surface area contributed by atoms with Gasteiger partial charge in [0.15, 0.2) is 0 Å². The summed E-state index contributed by atoms with van der Waals surface area (Å²) < 4.78 is 0.950. The molecule has 0 saturated carbocycles. The Bertz CT molecular complexity index is 598. The van der Waals surface area contributed by atoms with Crippen LogP contribution in [-0.2, 0) is 11.2 Å². The van der Waals surface area contributed by atoms with Crippen molar-refractivity contribution >= 4 is 21.9 Å².